The zero-order valence-electron chi connectivity index (χ0n) is 15.2. The lowest BCUT2D eigenvalue weighted by molar-refractivity contribution is -0.119. The number of hydrogen-bond acceptors (Lipinski definition) is 4. The van der Waals surface area contributed by atoms with Gasteiger partial charge in [0.1, 0.15) is 17.4 Å². The lowest BCUT2D eigenvalue weighted by atomic mass is 10.0. The van der Waals surface area contributed by atoms with Gasteiger partial charge >= 0.3 is 0 Å². The lowest BCUT2D eigenvalue weighted by Gasteiger charge is -2.20. The molecular formula is C19H23N5O2. The van der Waals surface area contributed by atoms with Crippen molar-refractivity contribution in [2.75, 3.05) is 6.54 Å². The molecule has 26 heavy (non-hydrogen) atoms. The first-order valence-corrected chi connectivity index (χ1v) is 8.96. The molecule has 2 unspecified atom stereocenters. The van der Waals surface area contributed by atoms with Crippen molar-refractivity contribution in [2.24, 2.45) is 5.92 Å². The van der Waals surface area contributed by atoms with Crippen LogP contribution in [0.2, 0.25) is 0 Å². The van der Waals surface area contributed by atoms with Crippen molar-refractivity contribution >= 4 is 11.4 Å². The van der Waals surface area contributed by atoms with Gasteiger partial charge in [0.15, 0.2) is 0 Å². The van der Waals surface area contributed by atoms with Gasteiger partial charge in [-0.05, 0) is 32.9 Å². The molecule has 4 rings (SSSR count). The molecule has 3 aromatic heterocycles. The van der Waals surface area contributed by atoms with Crippen LogP contribution in [0.15, 0.2) is 36.9 Å². The van der Waals surface area contributed by atoms with Gasteiger partial charge in [0.25, 0.3) is 0 Å². The van der Waals surface area contributed by atoms with E-state index in [1.165, 1.54) is 0 Å². The van der Waals surface area contributed by atoms with Gasteiger partial charge in [0.05, 0.1) is 12.4 Å². The molecule has 0 bridgehead atoms. The summed E-state index contributed by atoms with van der Waals surface area (Å²) in [6.07, 6.45) is 8.07. The molecule has 2 atom stereocenters. The van der Waals surface area contributed by atoms with E-state index in [0.717, 1.165) is 22.4 Å². The molecule has 1 fully saturated rings. The molecule has 1 amide bonds. The molecule has 1 saturated heterocycles. The minimum Gasteiger partial charge on any atom is -0.488 e. The monoisotopic (exact) mass is 353 g/mol. The third-order valence-electron chi connectivity index (χ3n) is 4.92. The third-order valence-corrected chi connectivity index (χ3v) is 4.92. The molecule has 4 heterocycles. The Balaban J connectivity index is 1.67. The van der Waals surface area contributed by atoms with Crippen LogP contribution in [0.4, 0.5) is 0 Å². The normalized spacial score (nSPS) is 18.5. The molecular weight excluding hydrogens is 330 g/mol. The summed E-state index contributed by atoms with van der Waals surface area (Å²) in [5.74, 6) is 1.04. The number of nitrogens with one attached hydrogen (secondary N) is 1. The van der Waals surface area contributed by atoms with E-state index in [9.17, 15) is 4.79 Å². The van der Waals surface area contributed by atoms with Crippen molar-refractivity contribution in [3.05, 3.63) is 36.9 Å². The number of carbonyl (C=O) groups is 1. The predicted molar refractivity (Wildman–Crippen MR) is 98.0 cm³/mol. The smallest absolute Gasteiger partial charge is 0.220 e. The maximum atomic E-state index is 11.5. The van der Waals surface area contributed by atoms with Crippen LogP contribution >= 0.6 is 0 Å². The van der Waals surface area contributed by atoms with E-state index in [1.54, 1.807) is 6.20 Å². The number of aromatic nitrogens is 4. The molecule has 0 radical (unpaired) electrons. The highest BCUT2D eigenvalue weighted by Crippen LogP contribution is 2.30. The molecule has 3 aromatic rings. The van der Waals surface area contributed by atoms with Gasteiger partial charge in [0, 0.05) is 48.4 Å². The second-order valence-corrected chi connectivity index (χ2v) is 7.15. The molecule has 1 N–H and O–H groups in total. The van der Waals surface area contributed by atoms with Crippen molar-refractivity contribution in [3.63, 3.8) is 0 Å². The SMILES string of the molecule is CC(Oc1cc(-c2cnn(C(C)C)c2)cn2nccc12)C1CNC(=O)C1. The standard InChI is InChI=1S/C19H23N5O2/c1-12(2)23-11-16(9-22-23)15-6-18(17-4-5-21-24(17)10-15)26-13(3)14-7-19(25)20-8-14/h4-6,9-14H,7-8H2,1-3H3,(H,20,25). The van der Waals surface area contributed by atoms with E-state index >= 15 is 0 Å². The van der Waals surface area contributed by atoms with E-state index in [1.807, 2.05) is 46.8 Å². The number of hydrogen-bond donors (Lipinski definition) is 1. The fraction of sp³-hybridized carbons (Fsp3) is 0.421. The summed E-state index contributed by atoms with van der Waals surface area (Å²) < 4.78 is 10.0. The molecule has 1 aliphatic heterocycles. The van der Waals surface area contributed by atoms with E-state index in [2.05, 4.69) is 29.4 Å². The maximum Gasteiger partial charge on any atom is 0.220 e. The van der Waals surface area contributed by atoms with Gasteiger partial charge in [-0.2, -0.15) is 10.2 Å². The first kappa shape index (κ1) is 16.6. The second kappa shape index (κ2) is 6.48. The zero-order valence-corrected chi connectivity index (χ0v) is 15.2. The largest absolute Gasteiger partial charge is 0.488 e. The van der Waals surface area contributed by atoms with Crippen LogP contribution < -0.4 is 10.1 Å². The highest BCUT2D eigenvalue weighted by Gasteiger charge is 2.28. The van der Waals surface area contributed by atoms with E-state index in [0.29, 0.717) is 19.0 Å². The predicted octanol–water partition coefficient (Wildman–Crippen LogP) is 2.68. The molecule has 0 aliphatic carbocycles. The first-order chi connectivity index (χ1) is 12.5. The molecule has 7 heteroatoms. The Labute approximate surface area is 152 Å². The molecule has 1 aliphatic rings. The lowest BCUT2D eigenvalue weighted by Crippen LogP contribution is -2.25. The van der Waals surface area contributed by atoms with Crippen LogP contribution in [0.5, 0.6) is 5.75 Å². The Morgan fingerprint density at radius 1 is 1.23 bits per heavy atom. The average molecular weight is 353 g/mol. The number of pyridine rings is 1. The summed E-state index contributed by atoms with van der Waals surface area (Å²) in [6.45, 7) is 6.87. The summed E-state index contributed by atoms with van der Waals surface area (Å²) in [5.41, 5.74) is 2.93. The summed E-state index contributed by atoms with van der Waals surface area (Å²) >= 11 is 0. The molecule has 7 nitrogen and oxygen atoms in total. The summed E-state index contributed by atoms with van der Waals surface area (Å²) in [7, 11) is 0. The molecule has 136 valence electrons. The Hall–Kier alpha value is -2.83. The van der Waals surface area contributed by atoms with Crippen molar-refractivity contribution in [1.82, 2.24) is 24.7 Å². The number of fused-ring (bicyclic) bond motifs is 1. The van der Waals surface area contributed by atoms with Crippen molar-refractivity contribution in [2.45, 2.75) is 39.3 Å². The minimum absolute atomic E-state index is 0.0683. The maximum absolute atomic E-state index is 11.5. The quantitative estimate of drug-likeness (QED) is 0.765. The van der Waals surface area contributed by atoms with Crippen LogP contribution in [0.25, 0.3) is 16.6 Å². The summed E-state index contributed by atoms with van der Waals surface area (Å²) in [5, 5.41) is 11.7. The Kier molecular flexibility index (Phi) is 4.14. The number of carbonyl (C=O) groups excluding carboxylic acids is 1. The fourth-order valence-electron chi connectivity index (χ4n) is 3.27. The van der Waals surface area contributed by atoms with Gasteiger partial charge < -0.3 is 10.1 Å². The van der Waals surface area contributed by atoms with E-state index < -0.39 is 0 Å². The van der Waals surface area contributed by atoms with E-state index in [-0.39, 0.29) is 17.9 Å². The Morgan fingerprint density at radius 3 is 2.77 bits per heavy atom. The minimum atomic E-state index is -0.0683. The van der Waals surface area contributed by atoms with Gasteiger partial charge in [-0.25, -0.2) is 4.52 Å². The first-order valence-electron chi connectivity index (χ1n) is 8.96. The van der Waals surface area contributed by atoms with Gasteiger partial charge in [0.2, 0.25) is 5.91 Å². The van der Waals surface area contributed by atoms with Gasteiger partial charge in [-0.3, -0.25) is 9.48 Å². The average Bonchev–Trinajstić information content (AvgIpc) is 3.34. The third kappa shape index (κ3) is 3.05. The highest BCUT2D eigenvalue weighted by molar-refractivity contribution is 5.78. The Morgan fingerprint density at radius 2 is 2.08 bits per heavy atom. The number of nitrogens with zero attached hydrogens (tertiary/aromatic N) is 4. The molecule has 0 aromatic carbocycles. The van der Waals surface area contributed by atoms with Crippen molar-refractivity contribution < 1.29 is 9.53 Å². The van der Waals surface area contributed by atoms with Crippen LogP contribution in [0, 0.1) is 5.92 Å². The van der Waals surface area contributed by atoms with Crippen LogP contribution in [-0.4, -0.2) is 38.0 Å². The van der Waals surface area contributed by atoms with Crippen molar-refractivity contribution in [3.8, 4) is 16.9 Å². The number of rotatable bonds is 5. The zero-order chi connectivity index (χ0) is 18.3. The summed E-state index contributed by atoms with van der Waals surface area (Å²) in [4.78, 5) is 11.5. The van der Waals surface area contributed by atoms with Gasteiger partial charge in [-0.1, -0.05) is 0 Å². The van der Waals surface area contributed by atoms with Gasteiger partial charge in [-0.15, -0.1) is 0 Å². The summed E-state index contributed by atoms with van der Waals surface area (Å²) in [6, 6.07) is 4.27. The van der Waals surface area contributed by atoms with Crippen LogP contribution in [-0.2, 0) is 4.79 Å². The van der Waals surface area contributed by atoms with Crippen LogP contribution in [0.3, 0.4) is 0 Å². The topological polar surface area (TPSA) is 73.5 Å². The van der Waals surface area contributed by atoms with Crippen LogP contribution in [0.1, 0.15) is 33.2 Å². The highest BCUT2D eigenvalue weighted by atomic mass is 16.5. The fourth-order valence-corrected chi connectivity index (χ4v) is 3.27. The van der Waals surface area contributed by atoms with E-state index in [4.69, 9.17) is 4.74 Å². The Bertz CT molecular complexity index is 942. The molecule has 0 spiro atoms. The van der Waals surface area contributed by atoms with Crippen molar-refractivity contribution in [1.29, 1.82) is 0 Å². The number of amides is 1. The number of ether oxygens (including phenoxy) is 1. The second-order valence-electron chi connectivity index (χ2n) is 7.15. The molecule has 0 saturated carbocycles.